The summed E-state index contributed by atoms with van der Waals surface area (Å²) < 4.78 is 16.6. The average Bonchev–Trinajstić information content (AvgIpc) is 3.29. The van der Waals surface area contributed by atoms with Crippen LogP contribution in [0.3, 0.4) is 0 Å². The summed E-state index contributed by atoms with van der Waals surface area (Å²) in [5.74, 6) is -0.294. The summed E-state index contributed by atoms with van der Waals surface area (Å²) in [5.41, 5.74) is 0. The maximum atomic E-state index is 12.9. The van der Waals surface area contributed by atoms with Crippen LogP contribution < -0.4 is 5.32 Å². The number of aliphatic hydroxyl groups excluding tert-OH is 5. The van der Waals surface area contributed by atoms with Gasteiger partial charge in [0.1, 0.15) is 24.4 Å². The normalized spacial score (nSPS) is 20.5. The lowest BCUT2D eigenvalue weighted by atomic mass is 9.99. The Morgan fingerprint density at radius 2 is 1.12 bits per heavy atom. The van der Waals surface area contributed by atoms with Gasteiger partial charge in [-0.05, 0) is 116 Å². The molecule has 1 rings (SSSR count). The molecule has 0 spiro atoms. The van der Waals surface area contributed by atoms with Crippen molar-refractivity contribution < 1.29 is 49.3 Å². The van der Waals surface area contributed by atoms with Crippen molar-refractivity contribution in [2.24, 2.45) is 0 Å². The van der Waals surface area contributed by atoms with E-state index in [1.807, 2.05) is 19.1 Å². The second-order valence-corrected chi connectivity index (χ2v) is 17.1. The molecule has 11 nitrogen and oxygen atoms in total. The summed E-state index contributed by atoms with van der Waals surface area (Å²) in [6.07, 6.45) is 44.3. The monoisotopic (exact) mass is 902 g/mol. The first-order chi connectivity index (χ1) is 31.2. The van der Waals surface area contributed by atoms with E-state index < -0.39 is 49.5 Å². The van der Waals surface area contributed by atoms with Crippen molar-refractivity contribution in [3.63, 3.8) is 0 Å². The Balaban J connectivity index is 2.17. The molecule has 0 radical (unpaired) electrons. The van der Waals surface area contributed by atoms with E-state index in [-0.39, 0.29) is 18.5 Å². The van der Waals surface area contributed by atoms with Gasteiger partial charge in [-0.25, -0.2) is 0 Å². The molecule has 1 aliphatic heterocycles. The maximum absolute atomic E-state index is 12.9. The number of hydrogen-bond acceptors (Lipinski definition) is 10. The minimum absolute atomic E-state index is 0.0648. The Morgan fingerprint density at radius 3 is 1.73 bits per heavy atom. The molecule has 0 saturated carbocycles. The zero-order chi connectivity index (χ0) is 46.7. The highest BCUT2D eigenvalue weighted by Crippen LogP contribution is 2.22. The zero-order valence-corrected chi connectivity index (χ0v) is 40.0. The molecule has 1 fully saturated rings. The molecule has 7 unspecified atom stereocenters. The lowest BCUT2D eigenvalue weighted by Crippen LogP contribution is -2.60. The molecule has 0 aromatic heterocycles. The van der Waals surface area contributed by atoms with E-state index in [4.69, 9.17) is 14.2 Å². The molecule has 1 aliphatic rings. The van der Waals surface area contributed by atoms with E-state index in [0.717, 1.165) is 103 Å². The number of hydrogen-bond donors (Lipinski definition) is 6. The molecule has 1 saturated heterocycles. The smallest absolute Gasteiger partial charge is 0.305 e. The average molecular weight is 902 g/mol. The van der Waals surface area contributed by atoms with E-state index in [2.05, 4.69) is 66.9 Å². The highest BCUT2D eigenvalue weighted by molar-refractivity contribution is 5.76. The highest BCUT2D eigenvalue weighted by Gasteiger charge is 2.44. The topological polar surface area (TPSA) is 175 Å². The quantitative estimate of drug-likeness (QED) is 0.0197. The lowest BCUT2D eigenvalue weighted by Gasteiger charge is -2.40. The van der Waals surface area contributed by atoms with Gasteiger partial charge in [0.05, 0.1) is 32.0 Å². The molecule has 368 valence electrons. The number of nitrogens with one attached hydrogen (secondary N) is 1. The number of amides is 1. The Morgan fingerprint density at radius 1 is 0.609 bits per heavy atom. The van der Waals surface area contributed by atoms with Gasteiger partial charge >= 0.3 is 5.97 Å². The van der Waals surface area contributed by atoms with Crippen LogP contribution in [0.4, 0.5) is 0 Å². The van der Waals surface area contributed by atoms with Gasteiger partial charge in [-0.2, -0.15) is 0 Å². The van der Waals surface area contributed by atoms with E-state index in [0.29, 0.717) is 32.3 Å². The number of rotatable bonds is 41. The van der Waals surface area contributed by atoms with E-state index in [1.54, 1.807) is 6.08 Å². The molecular weight excluding hydrogens is 811 g/mol. The number of allylic oxidation sites excluding steroid dienone is 11. The lowest BCUT2D eigenvalue weighted by molar-refractivity contribution is -0.302. The molecule has 0 aromatic rings. The van der Waals surface area contributed by atoms with E-state index in [1.165, 1.54) is 44.9 Å². The number of carbonyl (C=O) groups is 2. The van der Waals surface area contributed by atoms with Gasteiger partial charge < -0.3 is 45.1 Å². The molecule has 0 aliphatic carbocycles. The summed E-state index contributed by atoms with van der Waals surface area (Å²) in [6, 6.07) is -0.854. The highest BCUT2D eigenvalue weighted by atomic mass is 16.7. The third kappa shape index (κ3) is 32.7. The van der Waals surface area contributed by atoms with Crippen molar-refractivity contribution in [2.45, 2.75) is 230 Å². The summed E-state index contributed by atoms with van der Waals surface area (Å²) >= 11 is 0. The fourth-order valence-corrected chi connectivity index (χ4v) is 7.26. The molecule has 1 amide bonds. The summed E-state index contributed by atoms with van der Waals surface area (Å²) in [5, 5.41) is 54.0. The summed E-state index contributed by atoms with van der Waals surface area (Å²) in [7, 11) is 0. The van der Waals surface area contributed by atoms with Crippen molar-refractivity contribution in [1.29, 1.82) is 0 Å². The molecule has 0 bridgehead atoms. The van der Waals surface area contributed by atoms with Crippen LogP contribution in [0.1, 0.15) is 187 Å². The Kier molecular flexibility index (Phi) is 39.5. The van der Waals surface area contributed by atoms with Gasteiger partial charge in [-0.3, -0.25) is 9.59 Å². The van der Waals surface area contributed by atoms with E-state index >= 15 is 0 Å². The standard InChI is InChI=1S/C53H91NO10/c1-3-5-7-9-11-13-14-15-16-17-21-25-29-33-37-41-49(58)62-42-38-34-30-26-22-19-18-20-24-28-32-36-40-48(57)54-45(46(56)39-35-31-27-23-12-10-8-6-4-2)44-63-53-52(61)51(60)50(59)47(43-55)64-53/h4,6,11-13,15-16,19,22-23,35,39,45-47,50-53,55-56,59-61H,3,5,7-10,14,17-18,20-21,24-34,36-38,40-44H2,1-2H3,(H,54,57)/b6-4+,13-11-,16-15-,22-19-,23-12+,39-35+. The maximum Gasteiger partial charge on any atom is 0.305 e. The van der Waals surface area contributed by atoms with Gasteiger partial charge in [0.25, 0.3) is 0 Å². The van der Waals surface area contributed by atoms with Crippen molar-refractivity contribution >= 4 is 11.9 Å². The second kappa shape index (κ2) is 42.7. The summed E-state index contributed by atoms with van der Waals surface area (Å²) in [6.45, 7) is 3.94. The number of esters is 1. The van der Waals surface area contributed by atoms with Crippen LogP contribution in [-0.2, 0) is 23.8 Å². The minimum atomic E-state index is -1.59. The zero-order valence-electron chi connectivity index (χ0n) is 40.0. The fourth-order valence-electron chi connectivity index (χ4n) is 7.26. The predicted molar refractivity (Wildman–Crippen MR) is 259 cm³/mol. The fraction of sp³-hybridized carbons (Fsp3) is 0.736. The Bertz CT molecular complexity index is 1290. The van der Waals surface area contributed by atoms with Gasteiger partial charge in [0.2, 0.25) is 5.91 Å². The molecule has 0 aromatic carbocycles. The number of carbonyl (C=O) groups excluding carboxylic acids is 2. The Hall–Kier alpha value is -2.90. The van der Waals surface area contributed by atoms with Crippen LogP contribution in [-0.4, -0.2) is 100 Å². The van der Waals surface area contributed by atoms with Crippen LogP contribution in [0, 0.1) is 0 Å². The molecule has 1 heterocycles. The van der Waals surface area contributed by atoms with Crippen LogP contribution in [0.5, 0.6) is 0 Å². The molecule has 7 atom stereocenters. The van der Waals surface area contributed by atoms with Crippen LogP contribution in [0.15, 0.2) is 72.9 Å². The molecule has 6 N–H and O–H groups in total. The van der Waals surface area contributed by atoms with Crippen molar-refractivity contribution in [3.05, 3.63) is 72.9 Å². The van der Waals surface area contributed by atoms with Gasteiger partial charge in [-0.15, -0.1) is 0 Å². The van der Waals surface area contributed by atoms with Crippen molar-refractivity contribution in [2.75, 3.05) is 19.8 Å². The Labute approximate surface area is 388 Å². The number of unbranched alkanes of at least 4 members (excludes halogenated alkanes) is 18. The number of aliphatic hydroxyl groups is 5. The number of ether oxygens (including phenoxy) is 3. The minimum Gasteiger partial charge on any atom is -0.466 e. The van der Waals surface area contributed by atoms with Gasteiger partial charge in [0, 0.05) is 12.8 Å². The van der Waals surface area contributed by atoms with Crippen LogP contribution in [0.2, 0.25) is 0 Å². The van der Waals surface area contributed by atoms with E-state index in [9.17, 15) is 35.1 Å². The largest absolute Gasteiger partial charge is 0.466 e. The second-order valence-electron chi connectivity index (χ2n) is 17.1. The van der Waals surface area contributed by atoms with Crippen molar-refractivity contribution in [3.8, 4) is 0 Å². The third-order valence-corrected chi connectivity index (χ3v) is 11.3. The molecule has 64 heavy (non-hydrogen) atoms. The van der Waals surface area contributed by atoms with Crippen LogP contribution in [0.25, 0.3) is 0 Å². The van der Waals surface area contributed by atoms with Crippen LogP contribution >= 0.6 is 0 Å². The first kappa shape index (κ1) is 59.1. The molecule has 11 heteroatoms. The van der Waals surface area contributed by atoms with Crippen molar-refractivity contribution in [1.82, 2.24) is 5.32 Å². The third-order valence-electron chi connectivity index (χ3n) is 11.3. The SMILES string of the molecule is C/C=C/CC/C=C/CC/C=C/C(O)C(COC1OC(CO)C(O)C(O)C1O)NC(=O)CCCCCCC/C=C\CCCCCOC(=O)CCCCCCC/C=C\C/C=C\CCCCC. The predicted octanol–water partition coefficient (Wildman–Crippen LogP) is 10.1. The summed E-state index contributed by atoms with van der Waals surface area (Å²) in [4.78, 5) is 25.0. The van der Waals surface area contributed by atoms with Gasteiger partial charge in [-0.1, -0.05) is 131 Å². The first-order valence-electron chi connectivity index (χ1n) is 25.2. The molecular formula is C53H91NO10. The van der Waals surface area contributed by atoms with Gasteiger partial charge in [0.15, 0.2) is 6.29 Å². The first-order valence-corrected chi connectivity index (χ1v) is 25.2.